The molecule has 1 amide bonds. The standard InChI is InChI=1S/C26H29N3O3/c30-26(27-23-17-28-10-8-19(23)9-11-28)24-16-20-2-1-3-22(25(20)32-24)18-4-6-21(7-5-18)29-12-14-31-15-13-29/h1-7,16,19,23H,8-15,17H2,(H,27,30). The average Bonchev–Trinajstić information content (AvgIpc) is 3.30. The number of morpholine rings is 1. The lowest BCUT2D eigenvalue weighted by Crippen LogP contribution is -2.57. The first-order chi connectivity index (χ1) is 15.7. The van der Waals surface area contributed by atoms with Gasteiger partial charge in [0.2, 0.25) is 0 Å². The summed E-state index contributed by atoms with van der Waals surface area (Å²) in [4.78, 5) is 17.8. The number of benzene rings is 2. The second-order valence-electron chi connectivity index (χ2n) is 9.20. The molecular formula is C26H29N3O3. The number of para-hydroxylation sites is 1. The third-order valence-corrected chi connectivity index (χ3v) is 7.30. The van der Waals surface area contributed by atoms with Crippen molar-refractivity contribution >= 4 is 22.6 Å². The van der Waals surface area contributed by atoms with Gasteiger partial charge in [-0.15, -0.1) is 0 Å². The summed E-state index contributed by atoms with van der Waals surface area (Å²) in [6.45, 7) is 6.67. The lowest BCUT2D eigenvalue weighted by Gasteiger charge is -2.44. The van der Waals surface area contributed by atoms with Gasteiger partial charge in [0, 0.05) is 42.3 Å². The fourth-order valence-corrected chi connectivity index (χ4v) is 5.44. The Morgan fingerprint density at radius 3 is 2.47 bits per heavy atom. The molecule has 4 aliphatic heterocycles. The Bertz CT molecular complexity index is 1110. The van der Waals surface area contributed by atoms with Crippen LogP contribution < -0.4 is 10.2 Å². The normalized spacial score (nSPS) is 25.2. The molecule has 0 spiro atoms. The van der Waals surface area contributed by atoms with Crippen LogP contribution in [0.3, 0.4) is 0 Å². The fourth-order valence-electron chi connectivity index (χ4n) is 5.44. The number of carbonyl (C=O) groups is 1. The topological polar surface area (TPSA) is 58.0 Å². The zero-order valence-electron chi connectivity index (χ0n) is 18.3. The van der Waals surface area contributed by atoms with E-state index in [9.17, 15) is 4.79 Å². The van der Waals surface area contributed by atoms with E-state index in [4.69, 9.17) is 9.15 Å². The van der Waals surface area contributed by atoms with Crippen LogP contribution >= 0.6 is 0 Å². The van der Waals surface area contributed by atoms with Gasteiger partial charge in [-0.25, -0.2) is 0 Å². The number of amides is 1. The van der Waals surface area contributed by atoms with E-state index in [1.54, 1.807) is 0 Å². The van der Waals surface area contributed by atoms with Gasteiger partial charge in [0.15, 0.2) is 5.76 Å². The van der Waals surface area contributed by atoms with E-state index in [1.807, 2.05) is 18.2 Å². The molecule has 4 fully saturated rings. The van der Waals surface area contributed by atoms with Crippen molar-refractivity contribution in [3.05, 3.63) is 54.3 Å². The van der Waals surface area contributed by atoms with Crippen molar-refractivity contribution < 1.29 is 13.9 Å². The molecule has 32 heavy (non-hydrogen) atoms. The summed E-state index contributed by atoms with van der Waals surface area (Å²) in [7, 11) is 0. The first-order valence-electron chi connectivity index (χ1n) is 11.7. The van der Waals surface area contributed by atoms with Crippen molar-refractivity contribution in [2.24, 2.45) is 5.92 Å². The molecule has 1 atom stereocenters. The molecule has 4 saturated heterocycles. The molecule has 3 aromatic rings. The van der Waals surface area contributed by atoms with Gasteiger partial charge in [-0.1, -0.05) is 30.3 Å². The highest BCUT2D eigenvalue weighted by molar-refractivity contribution is 6.00. The molecule has 1 N–H and O–H groups in total. The van der Waals surface area contributed by atoms with Crippen LogP contribution in [0.4, 0.5) is 5.69 Å². The molecule has 6 heteroatoms. The minimum atomic E-state index is -0.103. The highest BCUT2D eigenvalue weighted by Gasteiger charge is 2.35. The van der Waals surface area contributed by atoms with Crippen molar-refractivity contribution in [2.45, 2.75) is 18.9 Å². The number of hydrogen-bond donors (Lipinski definition) is 1. The summed E-state index contributed by atoms with van der Waals surface area (Å²) < 4.78 is 11.6. The third-order valence-electron chi connectivity index (χ3n) is 7.30. The predicted molar refractivity (Wildman–Crippen MR) is 125 cm³/mol. The first-order valence-corrected chi connectivity index (χ1v) is 11.7. The van der Waals surface area contributed by atoms with Gasteiger partial charge in [-0.3, -0.25) is 4.79 Å². The molecule has 7 rings (SSSR count). The highest BCUT2D eigenvalue weighted by Crippen LogP contribution is 2.33. The predicted octanol–water partition coefficient (Wildman–Crippen LogP) is 3.76. The lowest BCUT2D eigenvalue weighted by atomic mass is 9.84. The van der Waals surface area contributed by atoms with Crippen molar-refractivity contribution in [3.63, 3.8) is 0 Å². The summed E-state index contributed by atoms with van der Waals surface area (Å²) in [6.07, 6.45) is 2.35. The van der Waals surface area contributed by atoms with Crippen LogP contribution in [0.25, 0.3) is 22.1 Å². The summed E-state index contributed by atoms with van der Waals surface area (Å²) in [6, 6.07) is 16.8. The molecule has 2 aromatic carbocycles. The van der Waals surface area contributed by atoms with Crippen molar-refractivity contribution in [1.82, 2.24) is 10.2 Å². The summed E-state index contributed by atoms with van der Waals surface area (Å²) in [5, 5.41) is 4.20. The number of rotatable bonds is 4. The maximum Gasteiger partial charge on any atom is 0.287 e. The first kappa shape index (κ1) is 19.8. The van der Waals surface area contributed by atoms with Gasteiger partial charge >= 0.3 is 0 Å². The Kier molecular flexibility index (Phi) is 5.12. The lowest BCUT2D eigenvalue weighted by molar-refractivity contribution is 0.0607. The number of fused-ring (bicyclic) bond motifs is 4. The minimum absolute atomic E-state index is 0.103. The summed E-state index contributed by atoms with van der Waals surface area (Å²) in [5.74, 6) is 0.885. The van der Waals surface area contributed by atoms with Crippen LogP contribution in [0.2, 0.25) is 0 Å². The van der Waals surface area contributed by atoms with E-state index in [0.29, 0.717) is 11.7 Å². The van der Waals surface area contributed by atoms with E-state index in [2.05, 4.69) is 45.4 Å². The number of carbonyl (C=O) groups excluding carboxylic acids is 1. The number of furan rings is 1. The van der Waals surface area contributed by atoms with E-state index >= 15 is 0 Å². The van der Waals surface area contributed by atoms with Crippen LogP contribution in [0, 0.1) is 5.92 Å². The number of ether oxygens (including phenoxy) is 1. The maximum absolute atomic E-state index is 13.0. The molecule has 1 aromatic heterocycles. The Balaban J connectivity index is 1.24. The smallest absolute Gasteiger partial charge is 0.287 e. The van der Waals surface area contributed by atoms with Crippen LogP contribution in [0.5, 0.6) is 0 Å². The third kappa shape index (κ3) is 3.67. The molecule has 2 bridgehead atoms. The van der Waals surface area contributed by atoms with Crippen LogP contribution in [0.1, 0.15) is 23.4 Å². The molecule has 166 valence electrons. The second-order valence-corrected chi connectivity index (χ2v) is 9.20. The molecular weight excluding hydrogens is 402 g/mol. The van der Waals surface area contributed by atoms with Crippen molar-refractivity contribution in [3.8, 4) is 11.1 Å². The Morgan fingerprint density at radius 2 is 1.75 bits per heavy atom. The Labute approximate surface area is 188 Å². The zero-order valence-corrected chi connectivity index (χ0v) is 18.3. The number of piperidine rings is 3. The largest absolute Gasteiger partial charge is 0.450 e. The average molecular weight is 432 g/mol. The van der Waals surface area contributed by atoms with Gasteiger partial charge in [-0.2, -0.15) is 0 Å². The van der Waals surface area contributed by atoms with Gasteiger partial charge < -0.3 is 24.3 Å². The zero-order chi connectivity index (χ0) is 21.5. The Hall–Kier alpha value is -2.83. The van der Waals surface area contributed by atoms with E-state index in [-0.39, 0.29) is 11.9 Å². The minimum Gasteiger partial charge on any atom is -0.450 e. The molecule has 5 heterocycles. The molecule has 0 saturated carbocycles. The fraction of sp³-hybridized carbons (Fsp3) is 0.423. The van der Waals surface area contributed by atoms with E-state index < -0.39 is 0 Å². The monoisotopic (exact) mass is 431 g/mol. The van der Waals surface area contributed by atoms with Gasteiger partial charge in [0.25, 0.3) is 5.91 Å². The van der Waals surface area contributed by atoms with Gasteiger partial charge in [-0.05, 0) is 55.6 Å². The van der Waals surface area contributed by atoms with Crippen molar-refractivity contribution in [1.29, 1.82) is 0 Å². The second kappa shape index (κ2) is 8.26. The number of hydrogen-bond acceptors (Lipinski definition) is 5. The quantitative estimate of drug-likeness (QED) is 0.682. The highest BCUT2D eigenvalue weighted by atomic mass is 16.5. The van der Waals surface area contributed by atoms with Gasteiger partial charge in [0.1, 0.15) is 5.58 Å². The summed E-state index contributed by atoms with van der Waals surface area (Å²) >= 11 is 0. The van der Waals surface area contributed by atoms with Gasteiger partial charge in [0.05, 0.1) is 13.2 Å². The van der Waals surface area contributed by atoms with E-state index in [0.717, 1.165) is 68.0 Å². The maximum atomic E-state index is 13.0. The SMILES string of the molecule is O=C(NC1CN2CCC1CC2)c1cc2cccc(-c3ccc(N4CCOCC4)cc3)c2o1. The molecule has 1 unspecified atom stereocenters. The van der Waals surface area contributed by atoms with Crippen LogP contribution in [-0.2, 0) is 4.74 Å². The Morgan fingerprint density at radius 1 is 0.969 bits per heavy atom. The number of anilines is 1. The number of nitrogens with one attached hydrogen (secondary N) is 1. The molecule has 4 aliphatic rings. The van der Waals surface area contributed by atoms with Crippen LogP contribution in [0.15, 0.2) is 52.9 Å². The van der Waals surface area contributed by atoms with E-state index in [1.165, 1.54) is 18.5 Å². The molecule has 0 radical (unpaired) electrons. The van der Waals surface area contributed by atoms with Crippen LogP contribution in [-0.4, -0.2) is 62.8 Å². The molecule has 0 aliphatic carbocycles. The molecule has 6 nitrogen and oxygen atoms in total. The van der Waals surface area contributed by atoms with Crippen molar-refractivity contribution in [2.75, 3.05) is 50.8 Å². The number of nitrogens with zero attached hydrogens (tertiary/aromatic N) is 2. The summed E-state index contributed by atoms with van der Waals surface area (Å²) in [5.41, 5.74) is 4.08.